The minimum atomic E-state index is -0.974. The van der Waals surface area contributed by atoms with Crippen molar-refractivity contribution >= 4 is 23.5 Å². The van der Waals surface area contributed by atoms with E-state index in [1.807, 2.05) is 52.0 Å². The predicted molar refractivity (Wildman–Crippen MR) is 138 cm³/mol. The Bertz CT molecular complexity index is 1240. The number of halogens is 1. The fraction of sp³-hybridized carbons (Fsp3) is 0.286. The number of carboxylic acids is 1. The van der Waals surface area contributed by atoms with Crippen molar-refractivity contribution in [2.75, 3.05) is 0 Å². The van der Waals surface area contributed by atoms with E-state index in [-0.39, 0.29) is 30.2 Å². The maximum Gasteiger partial charge on any atom is 0.335 e. The quantitative estimate of drug-likeness (QED) is 0.353. The van der Waals surface area contributed by atoms with Crippen molar-refractivity contribution in [2.24, 2.45) is 0 Å². The summed E-state index contributed by atoms with van der Waals surface area (Å²) in [5.41, 5.74) is 3.63. The second-order valence-corrected chi connectivity index (χ2v) is 9.22. The Kier molecular flexibility index (Phi) is 8.41. The third kappa shape index (κ3) is 6.76. The Morgan fingerprint density at radius 3 is 2.17 bits per heavy atom. The van der Waals surface area contributed by atoms with Crippen molar-refractivity contribution in [1.29, 1.82) is 0 Å². The molecule has 35 heavy (non-hydrogen) atoms. The van der Waals surface area contributed by atoms with Gasteiger partial charge in [-0.15, -0.1) is 0 Å². The third-order valence-electron chi connectivity index (χ3n) is 5.22. The molecule has 0 saturated heterocycles. The van der Waals surface area contributed by atoms with E-state index in [4.69, 9.17) is 21.1 Å². The summed E-state index contributed by atoms with van der Waals surface area (Å²) in [6.07, 6.45) is -0.0614. The second-order valence-electron chi connectivity index (χ2n) is 8.81. The van der Waals surface area contributed by atoms with E-state index < -0.39 is 5.97 Å². The maximum absolute atomic E-state index is 12.9. The molecule has 2 N–H and O–H groups in total. The SMILES string of the molecule is Cc1ccc(-c2ccc(OC(C)C)c(CNC(=O)c3ccc(OC(C)C)cc3Cl)c2)cc1C(=O)O. The lowest BCUT2D eigenvalue weighted by Gasteiger charge is -2.17. The number of hydrogen-bond acceptors (Lipinski definition) is 4. The fourth-order valence-electron chi connectivity index (χ4n) is 3.59. The highest BCUT2D eigenvalue weighted by atomic mass is 35.5. The maximum atomic E-state index is 12.9. The van der Waals surface area contributed by atoms with Crippen LogP contribution < -0.4 is 14.8 Å². The Hall–Kier alpha value is -3.51. The smallest absolute Gasteiger partial charge is 0.335 e. The number of nitrogens with one attached hydrogen (secondary N) is 1. The first-order chi connectivity index (χ1) is 16.5. The molecule has 6 nitrogen and oxygen atoms in total. The first-order valence-electron chi connectivity index (χ1n) is 11.4. The van der Waals surface area contributed by atoms with Crippen LogP contribution in [0.5, 0.6) is 11.5 Å². The molecule has 3 aromatic rings. The molecule has 0 heterocycles. The Balaban J connectivity index is 1.87. The molecule has 0 bridgehead atoms. The highest BCUT2D eigenvalue weighted by Crippen LogP contribution is 2.29. The molecule has 0 atom stereocenters. The number of amides is 1. The summed E-state index contributed by atoms with van der Waals surface area (Å²) in [5, 5.41) is 12.7. The van der Waals surface area contributed by atoms with Crippen molar-refractivity contribution in [3.05, 3.63) is 81.9 Å². The number of aromatic carboxylic acids is 1. The summed E-state index contributed by atoms with van der Waals surface area (Å²) in [4.78, 5) is 24.5. The molecular formula is C28H30ClNO5. The van der Waals surface area contributed by atoms with Gasteiger partial charge in [0.2, 0.25) is 0 Å². The number of ether oxygens (including phenoxy) is 2. The molecule has 0 saturated carbocycles. The highest BCUT2D eigenvalue weighted by molar-refractivity contribution is 6.34. The first-order valence-corrected chi connectivity index (χ1v) is 11.8. The average molecular weight is 496 g/mol. The van der Waals surface area contributed by atoms with Crippen molar-refractivity contribution in [3.63, 3.8) is 0 Å². The summed E-state index contributed by atoms with van der Waals surface area (Å²) in [5.74, 6) is -0.0594. The molecule has 1 amide bonds. The van der Waals surface area contributed by atoms with Crippen LogP contribution in [-0.4, -0.2) is 29.2 Å². The van der Waals surface area contributed by atoms with Gasteiger partial charge < -0.3 is 19.9 Å². The molecule has 0 unspecified atom stereocenters. The highest BCUT2D eigenvalue weighted by Gasteiger charge is 2.15. The zero-order valence-corrected chi connectivity index (χ0v) is 21.3. The zero-order chi connectivity index (χ0) is 25.7. The van der Waals surface area contributed by atoms with Crippen LogP contribution in [-0.2, 0) is 6.54 Å². The van der Waals surface area contributed by atoms with Crippen molar-refractivity contribution in [3.8, 4) is 22.6 Å². The van der Waals surface area contributed by atoms with Crippen molar-refractivity contribution in [2.45, 2.75) is 53.4 Å². The van der Waals surface area contributed by atoms with E-state index >= 15 is 0 Å². The second kappa shape index (κ2) is 11.3. The summed E-state index contributed by atoms with van der Waals surface area (Å²) in [6, 6.07) is 15.9. The normalized spacial score (nSPS) is 11.0. The van der Waals surface area contributed by atoms with Crippen LogP contribution in [0, 0.1) is 6.92 Å². The molecule has 0 aliphatic heterocycles. The molecule has 0 aromatic heterocycles. The van der Waals surface area contributed by atoms with Crippen LogP contribution >= 0.6 is 11.6 Å². The first kappa shape index (κ1) is 26.1. The number of carbonyl (C=O) groups is 2. The van der Waals surface area contributed by atoms with Crippen LogP contribution in [0.25, 0.3) is 11.1 Å². The van der Waals surface area contributed by atoms with Gasteiger partial charge in [0.1, 0.15) is 11.5 Å². The number of hydrogen-bond donors (Lipinski definition) is 2. The van der Waals surface area contributed by atoms with Gasteiger partial charge in [-0.2, -0.15) is 0 Å². The van der Waals surface area contributed by atoms with Gasteiger partial charge in [-0.3, -0.25) is 4.79 Å². The molecule has 3 rings (SSSR count). The van der Waals surface area contributed by atoms with Gasteiger partial charge in [-0.1, -0.05) is 29.8 Å². The predicted octanol–water partition coefficient (Wildman–Crippen LogP) is 6.52. The van der Waals surface area contributed by atoms with E-state index in [2.05, 4.69) is 5.32 Å². The van der Waals surface area contributed by atoms with Crippen LogP contribution in [0.2, 0.25) is 5.02 Å². The molecule has 0 radical (unpaired) electrons. The van der Waals surface area contributed by atoms with Crippen molar-refractivity contribution in [1.82, 2.24) is 5.32 Å². The Morgan fingerprint density at radius 2 is 1.54 bits per heavy atom. The summed E-state index contributed by atoms with van der Waals surface area (Å²) < 4.78 is 11.6. The molecule has 0 aliphatic carbocycles. The number of aryl methyl sites for hydroxylation is 1. The lowest BCUT2D eigenvalue weighted by Crippen LogP contribution is -2.24. The minimum absolute atomic E-state index is 0.00231. The largest absolute Gasteiger partial charge is 0.491 e. The average Bonchev–Trinajstić information content (AvgIpc) is 2.77. The number of rotatable bonds is 9. The molecule has 184 valence electrons. The Labute approximate surface area is 210 Å². The molecule has 7 heteroatoms. The number of benzene rings is 3. The van der Waals surface area contributed by atoms with E-state index in [1.54, 1.807) is 37.3 Å². The van der Waals surface area contributed by atoms with E-state index in [9.17, 15) is 14.7 Å². The van der Waals surface area contributed by atoms with Gasteiger partial charge in [0.25, 0.3) is 5.91 Å². The van der Waals surface area contributed by atoms with Crippen molar-refractivity contribution < 1.29 is 24.2 Å². The number of carbonyl (C=O) groups excluding carboxylic acids is 1. The van der Waals surface area contributed by atoms with Crippen LogP contribution in [0.15, 0.2) is 54.6 Å². The monoisotopic (exact) mass is 495 g/mol. The lowest BCUT2D eigenvalue weighted by molar-refractivity contribution is 0.0695. The molecule has 3 aromatic carbocycles. The standard InChI is InChI=1S/C28H30ClNO5/c1-16(2)34-22-9-10-23(25(29)14-22)27(31)30-15-21-12-19(8-11-26(21)35-17(3)4)20-7-6-18(5)24(13-20)28(32)33/h6-14,16-17H,15H2,1-5H3,(H,30,31)(H,32,33). The van der Waals surface area contributed by atoms with E-state index in [0.717, 1.165) is 16.7 Å². The minimum Gasteiger partial charge on any atom is -0.491 e. The molecule has 0 spiro atoms. The summed E-state index contributed by atoms with van der Waals surface area (Å²) in [7, 11) is 0. The van der Waals surface area contributed by atoms with E-state index in [0.29, 0.717) is 27.6 Å². The molecule has 0 fully saturated rings. The van der Waals surface area contributed by atoms with Gasteiger partial charge in [-0.25, -0.2) is 4.79 Å². The summed E-state index contributed by atoms with van der Waals surface area (Å²) in [6.45, 7) is 9.65. The van der Waals surface area contributed by atoms with Gasteiger partial charge in [0, 0.05) is 12.1 Å². The van der Waals surface area contributed by atoms with Gasteiger partial charge in [0.15, 0.2) is 0 Å². The van der Waals surface area contributed by atoms with E-state index in [1.165, 1.54) is 0 Å². The van der Waals surface area contributed by atoms with Gasteiger partial charge in [-0.05, 0) is 87.7 Å². The Morgan fingerprint density at radius 1 is 0.886 bits per heavy atom. The molecular weight excluding hydrogens is 466 g/mol. The van der Waals surface area contributed by atoms with Crippen LogP contribution in [0.4, 0.5) is 0 Å². The number of carboxylic acid groups (broad SMARTS) is 1. The van der Waals surface area contributed by atoms with Gasteiger partial charge in [0.05, 0.1) is 28.4 Å². The van der Waals surface area contributed by atoms with Crippen LogP contribution in [0.1, 0.15) is 59.5 Å². The topological polar surface area (TPSA) is 84.9 Å². The fourth-order valence-corrected chi connectivity index (χ4v) is 3.85. The summed E-state index contributed by atoms with van der Waals surface area (Å²) >= 11 is 6.33. The third-order valence-corrected chi connectivity index (χ3v) is 5.53. The lowest BCUT2D eigenvalue weighted by atomic mass is 9.98. The zero-order valence-electron chi connectivity index (χ0n) is 20.5. The molecule has 0 aliphatic rings. The van der Waals surface area contributed by atoms with Crippen LogP contribution in [0.3, 0.4) is 0 Å². The van der Waals surface area contributed by atoms with Gasteiger partial charge >= 0.3 is 5.97 Å².